The van der Waals surface area contributed by atoms with Crippen molar-refractivity contribution in [2.75, 3.05) is 12.4 Å². The molecule has 1 aromatic rings. The first-order valence-electron chi connectivity index (χ1n) is 2.48. The number of hydrogen-bond acceptors (Lipinski definition) is 3. The summed E-state index contributed by atoms with van der Waals surface area (Å²) >= 11 is 0. The molecule has 0 amide bonds. The van der Waals surface area contributed by atoms with Gasteiger partial charge in [-0.3, -0.25) is 4.98 Å². The van der Waals surface area contributed by atoms with Crippen LogP contribution < -0.4 is 5.32 Å². The van der Waals surface area contributed by atoms with E-state index < -0.39 is 5.95 Å². The highest BCUT2D eigenvalue weighted by Gasteiger charge is 1.91. The Kier molecular flexibility index (Phi) is 1.58. The van der Waals surface area contributed by atoms with Gasteiger partial charge in [-0.05, 0) is 0 Å². The molecule has 0 aliphatic rings. The van der Waals surface area contributed by atoms with Crippen molar-refractivity contribution in [3.8, 4) is 0 Å². The molecule has 1 heterocycles. The predicted molar refractivity (Wildman–Crippen MR) is 31.5 cm³/mol. The number of nitrogens with one attached hydrogen (secondary N) is 1. The normalized spacial score (nSPS) is 9.11. The smallest absolute Gasteiger partial charge is 0.233 e. The van der Waals surface area contributed by atoms with Crippen molar-refractivity contribution >= 4 is 5.82 Å². The molecule has 0 aromatic carbocycles. The van der Waals surface area contributed by atoms with E-state index in [2.05, 4.69) is 15.3 Å². The van der Waals surface area contributed by atoms with E-state index >= 15 is 0 Å². The van der Waals surface area contributed by atoms with Crippen LogP contribution in [-0.4, -0.2) is 17.0 Å². The van der Waals surface area contributed by atoms with Crippen molar-refractivity contribution in [2.45, 2.75) is 0 Å². The van der Waals surface area contributed by atoms with Crippen molar-refractivity contribution in [3.63, 3.8) is 0 Å². The van der Waals surface area contributed by atoms with E-state index in [0.717, 1.165) is 6.20 Å². The third-order valence-corrected chi connectivity index (χ3v) is 0.861. The zero-order valence-electron chi connectivity index (χ0n) is 4.93. The molecule has 4 heteroatoms. The average molecular weight is 127 g/mol. The van der Waals surface area contributed by atoms with Gasteiger partial charge in [0.05, 0.1) is 12.4 Å². The van der Waals surface area contributed by atoms with Crippen molar-refractivity contribution in [1.29, 1.82) is 0 Å². The first kappa shape index (κ1) is 5.94. The number of aromatic nitrogens is 2. The quantitative estimate of drug-likeness (QED) is 0.602. The fourth-order valence-electron chi connectivity index (χ4n) is 0.463. The van der Waals surface area contributed by atoms with Crippen LogP contribution in [0.5, 0.6) is 0 Å². The third-order valence-electron chi connectivity index (χ3n) is 0.861. The van der Waals surface area contributed by atoms with Crippen LogP contribution in [0.1, 0.15) is 0 Å². The Morgan fingerprint density at radius 3 is 2.78 bits per heavy atom. The van der Waals surface area contributed by atoms with E-state index in [-0.39, 0.29) is 0 Å². The lowest BCUT2D eigenvalue weighted by molar-refractivity contribution is 0.578. The largest absolute Gasteiger partial charge is 0.372 e. The molecule has 0 saturated heterocycles. The summed E-state index contributed by atoms with van der Waals surface area (Å²) in [5.41, 5.74) is 0. The van der Waals surface area contributed by atoms with E-state index in [1.165, 1.54) is 6.20 Å². The van der Waals surface area contributed by atoms with Gasteiger partial charge in [0.2, 0.25) is 5.95 Å². The standard InChI is InChI=1S/C5H6FN3/c1-7-5-3-8-2-4(6)9-5/h2-3H,1H3,(H,7,9). The summed E-state index contributed by atoms with van der Waals surface area (Å²) in [5, 5.41) is 2.65. The van der Waals surface area contributed by atoms with Crippen LogP contribution in [0, 0.1) is 5.95 Å². The van der Waals surface area contributed by atoms with Gasteiger partial charge < -0.3 is 5.32 Å². The van der Waals surface area contributed by atoms with Crippen LogP contribution in [-0.2, 0) is 0 Å². The lowest BCUT2D eigenvalue weighted by Gasteiger charge is -1.94. The van der Waals surface area contributed by atoms with Gasteiger partial charge in [-0.2, -0.15) is 9.37 Å². The molecule has 1 N–H and O–H groups in total. The number of anilines is 1. The minimum Gasteiger partial charge on any atom is -0.372 e. The zero-order valence-corrected chi connectivity index (χ0v) is 4.93. The van der Waals surface area contributed by atoms with Gasteiger partial charge in [-0.15, -0.1) is 0 Å². The fraction of sp³-hybridized carbons (Fsp3) is 0.200. The Balaban J connectivity index is 2.94. The number of rotatable bonds is 1. The first-order chi connectivity index (χ1) is 4.33. The highest BCUT2D eigenvalue weighted by Crippen LogP contribution is 1.97. The molecule has 0 fully saturated rings. The summed E-state index contributed by atoms with van der Waals surface area (Å²) < 4.78 is 12.1. The monoisotopic (exact) mass is 127 g/mol. The topological polar surface area (TPSA) is 37.8 Å². The maximum absolute atomic E-state index is 12.1. The van der Waals surface area contributed by atoms with Gasteiger partial charge in [-0.1, -0.05) is 0 Å². The lowest BCUT2D eigenvalue weighted by Crippen LogP contribution is -1.94. The second kappa shape index (κ2) is 2.39. The zero-order chi connectivity index (χ0) is 6.69. The molecule has 0 aliphatic heterocycles. The maximum atomic E-state index is 12.1. The minimum atomic E-state index is -0.568. The summed E-state index contributed by atoms with van der Waals surface area (Å²) in [7, 11) is 1.66. The minimum absolute atomic E-state index is 0.440. The number of hydrogen-bond donors (Lipinski definition) is 1. The molecular formula is C5H6FN3. The second-order valence-electron chi connectivity index (χ2n) is 1.48. The molecule has 0 radical (unpaired) electrons. The summed E-state index contributed by atoms with van der Waals surface area (Å²) in [6, 6.07) is 0. The van der Waals surface area contributed by atoms with E-state index in [1.54, 1.807) is 7.05 Å². The Hall–Kier alpha value is -1.19. The van der Waals surface area contributed by atoms with Crippen molar-refractivity contribution < 1.29 is 4.39 Å². The third kappa shape index (κ3) is 1.35. The summed E-state index contributed by atoms with van der Waals surface area (Å²) in [6.07, 6.45) is 2.50. The lowest BCUT2D eigenvalue weighted by atomic mass is 10.6. The Morgan fingerprint density at radius 2 is 2.33 bits per heavy atom. The highest BCUT2D eigenvalue weighted by molar-refractivity contribution is 5.28. The summed E-state index contributed by atoms with van der Waals surface area (Å²) in [4.78, 5) is 7.01. The van der Waals surface area contributed by atoms with Crippen LogP contribution in [0.4, 0.5) is 10.2 Å². The Morgan fingerprint density at radius 1 is 1.56 bits per heavy atom. The van der Waals surface area contributed by atoms with Crippen LogP contribution in [0.3, 0.4) is 0 Å². The van der Waals surface area contributed by atoms with Crippen LogP contribution in [0.2, 0.25) is 0 Å². The van der Waals surface area contributed by atoms with Gasteiger partial charge in [0.1, 0.15) is 5.82 Å². The van der Waals surface area contributed by atoms with Gasteiger partial charge in [0.25, 0.3) is 0 Å². The maximum Gasteiger partial charge on any atom is 0.233 e. The molecule has 0 unspecified atom stereocenters. The fourth-order valence-corrected chi connectivity index (χ4v) is 0.463. The molecule has 0 aliphatic carbocycles. The molecule has 1 aromatic heterocycles. The van der Waals surface area contributed by atoms with Gasteiger partial charge >= 0.3 is 0 Å². The van der Waals surface area contributed by atoms with Crippen LogP contribution in [0.15, 0.2) is 12.4 Å². The molecule has 0 saturated carbocycles. The molecule has 9 heavy (non-hydrogen) atoms. The molecule has 1 rings (SSSR count). The van der Waals surface area contributed by atoms with E-state index in [4.69, 9.17) is 0 Å². The summed E-state index contributed by atoms with van der Waals surface area (Å²) in [5.74, 6) is -0.128. The van der Waals surface area contributed by atoms with Crippen molar-refractivity contribution in [3.05, 3.63) is 18.3 Å². The second-order valence-corrected chi connectivity index (χ2v) is 1.48. The van der Waals surface area contributed by atoms with Gasteiger partial charge in [0, 0.05) is 7.05 Å². The average Bonchev–Trinajstić information content (AvgIpc) is 1.88. The molecular weight excluding hydrogens is 121 g/mol. The molecule has 0 spiro atoms. The van der Waals surface area contributed by atoms with E-state index in [1.807, 2.05) is 0 Å². The Labute approximate surface area is 52.0 Å². The molecule has 3 nitrogen and oxygen atoms in total. The molecule has 0 bridgehead atoms. The Bertz CT molecular complexity index is 201. The predicted octanol–water partition coefficient (Wildman–Crippen LogP) is 0.657. The first-order valence-corrected chi connectivity index (χ1v) is 2.48. The van der Waals surface area contributed by atoms with Crippen LogP contribution in [0.25, 0.3) is 0 Å². The van der Waals surface area contributed by atoms with Gasteiger partial charge in [-0.25, -0.2) is 0 Å². The van der Waals surface area contributed by atoms with Crippen molar-refractivity contribution in [1.82, 2.24) is 9.97 Å². The molecule has 48 valence electrons. The van der Waals surface area contributed by atoms with Gasteiger partial charge in [0.15, 0.2) is 0 Å². The van der Waals surface area contributed by atoms with Crippen LogP contribution >= 0.6 is 0 Å². The number of nitrogens with zero attached hydrogens (tertiary/aromatic N) is 2. The summed E-state index contributed by atoms with van der Waals surface area (Å²) in [6.45, 7) is 0. The van der Waals surface area contributed by atoms with E-state index in [9.17, 15) is 4.39 Å². The highest BCUT2D eigenvalue weighted by atomic mass is 19.1. The number of halogens is 1. The van der Waals surface area contributed by atoms with E-state index in [0.29, 0.717) is 5.82 Å². The molecule has 0 atom stereocenters. The SMILES string of the molecule is CNc1cncc(F)n1. The van der Waals surface area contributed by atoms with Crippen molar-refractivity contribution in [2.24, 2.45) is 0 Å².